The van der Waals surface area contributed by atoms with Crippen molar-refractivity contribution in [2.45, 2.75) is 13.0 Å². The highest BCUT2D eigenvalue weighted by atomic mass is 16.6. The highest BCUT2D eigenvalue weighted by Gasteiger charge is 2.23. The number of hydrogen-bond acceptors (Lipinski definition) is 6. The SMILES string of the molecule is C=CC(=O)Nc1cc(-c2c(-c3ccc(N4CCN(C)CC4)cc3)[nH]c3ncc(C(=C)OC4COC4)cc23)ccc1C. The van der Waals surface area contributed by atoms with Crippen LogP contribution in [0.3, 0.4) is 0 Å². The Morgan fingerprint density at radius 2 is 1.83 bits per heavy atom. The summed E-state index contributed by atoms with van der Waals surface area (Å²) in [6.45, 7) is 15.0. The maximum absolute atomic E-state index is 12.2. The number of pyridine rings is 1. The summed E-state index contributed by atoms with van der Waals surface area (Å²) in [5, 5.41) is 3.89. The normalized spacial score (nSPS) is 15.9. The van der Waals surface area contributed by atoms with E-state index in [2.05, 4.69) is 76.7 Å². The average molecular weight is 550 g/mol. The van der Waals surface area contributed by atoms with Gasteiger partial charge in [0.2, 0.25) is 5.91 Å². The molecule has 0 atom stereocenters. The molecule has 0 spiro atoms. The fraction of sp³-hybridized carbons (Fsp3) is 0.273. The molecule has 4 heterocycles. The predicted molar refractivity (Wildman–Crippen MR) is 165 cm³/mol. The maximum Gasteiger partial charge on any atom is 0.247 e. The maximum atomic E-state index is 12.2. The number of likely N-dealkylation sites (N-methyl/N-ethyl adjacent to an activating group) is 1. The van der Waals surface area contributed by atoms with Crippen LogP contribution < -0.4 is 10.2 Å². The number of carbonyl (C=O) groups is 1. The summed E-state index contributed by atoms with van der Waals surface area (Å²) >= 11 is 0. The van der Waals surface area contributed by atoms with Gasteiger partial charge in [0.05, 0.1) is 18.9 Å². The number of amides is 1. The lowest BCUT2D eigenvalue weighted by molar-refractivity contribution is -0.111. The van der Waals surface area contributed by atoms with Crippen molar-refractivity contribution in [3.63, 3.8) is 0 Å². The van der Waals surface area contributed by atoms with Crippen molar-refractivity contribution in [2.24, 2.45) is 0 Å². The molecule has 0 aliphatic carbocycles. The number of piperazine rings is 1. The van der Waals surface area contributed by atoms with Gasteiger partial charge in [-0.1, -0.05) is 37.4 Å². The van der Waals surface area contributed by atoms with Crippen molar-refractivity contribution in [1.82, 2.24) is 14.9 Å². The van der Waals surface area contributed by atoms with Gasteiger partial charge in [-0.05, 0) is 61.0 Å². The first-order valence-corrected chi connectivity index (χ1v) is 13.9. The minimum atomic E-state index is -0.249. The van der Waals surface area contributed by atoms with E-state index in [-0.39, 0.29) is 12.0 Å². The Balaban J connectivity index is 1.43. The summed E-state index contributed by atoms with van der Waals surface area (Å²) in [4.78, 5) is 25.3. The van der Waals surface area contributed by atoms with Crippen molar-refractivity contribution in [3.8, 4) is 22.4 Å². The summed E-state index contributed by atoms with van der Waals surface area (Å²) in [7, 11) is 2.17. The van der Waals surface area contributed by atoms with Gasteiger partial charge in [-0.15, -0.1) is 0 Å². The van der Waals surface area contributed by atoms with Gasteiger partial charge in [0.25, 0.3) is 0 Å². The molecule has 2 N–H and O–H groups in total. The van der Waals surface area contributed by atoms with E-state index in [1.54, 1.807) is 6.20 Å². The van der Waals surface area contributed by atoms with E-state index in [4.69, 9.17) is 14.5 Å². The predicted octanol–water partition coefficient (Wildman–Crippen LogP) is 5.47. The van der Waals surface area contributed by atoms with Gasteiger partial charge in [0, 0.05) is 60.3 Å². The molecule has 0 unspecified atom stereocenters. The Kier molecular flexibility index (Phi) is 7.34. The molecule has 8 nitrogen and oxygen atoms in total. The minimum Gasteiger partial charge on any atom is -0.486 e. The summed E-state index contributed by atoms with van der Waals surface area (Å²) in [5.41, 5.74) is 8.46. The number of aromatic amines is 1. The lowest BCUT2D eigenvalue weighted by Crippen LogP contribution is -2.44. The van der Waals surface area contributed by atoms with Crippen LogP contribution in [0.1, 0.15) is 11.1 Å². The third-order valence-electron chi connectivity index (χ3n) is 7.88. The number of hydrogen-bond donors (Lipinski definition) is 2. The molecule has 0 radical (unpaired) electrons. The minimum absolute atomic E-state index is 0.0198. The van der Waals surface area contributed by atoms with Crippen LogP contribution in [0.5, 0.6) is 0 Å². The second-order valence-electron chi connectivity index (χ2n) is 10.8. The number of aromatic nitrogens is 2. The van der Waals surface area contributed by atoms with Crippen LogP contribution in [0.2, 0.25) is 0 Å². The van der Waals surface area contributed by atoms with E-state index in [1.807, 2.05) is 19.1 Å². The third-order valence-corrected chi connectivity index (χ3v) is 7.88. The largest absolute Gasteiger partial charge is 0.486 e. The zero-order valence-electron chi connectivity index (χ0n) is 23.6. The zero-order chi connectivity index (χ0) is 28.5. The van der Waals surface area contributed by atoms with E-state index in [0.717, 1.165) is 76.4 Å². The van der Waals surface area contributed by atoms with E-state index in [1.165, 1.54) is 11.8 Å². The number of anilines is 2. The first-order valence-electron chi connectivity index (χ1n) is 13.9. The number of nitrogens with one attached hydrogen (secondary N) is 2. The molecular weight excluding hydrogens is 514 g/mol. The third kappa shape index (κ3) is 5.49. The van der Waals surface area contributed by atoms with Crippen LogP contribution in [0.25, 0.3) is 39.2 Å². The smallest absolute Gasteiger partial charge is 0.247 e. The zero-order valence-corrected chi connectivity index (χ0v) is 23.6. The van der Waals surface area contributed by atoms with E-state index >= 15 is 0 Å². The average Bonchev–Trinajstić information content (AvgIpc) is 3.35. The molecule has 1 amide bonds. The second-order valence-corrected chi connectivity index (χ2v) is 10.8. The molecule has 2 aromatic heterocycles. The number of aryl methyl sites for hydroxylation is 1. The highest BCUT2D eigenvalue weighted by Crippen LogP contribution is 2.40. The standard InChI is InChI=1S/C33H35N5O3/c1-5-30(39)35-29-17-24(7-6-21(29)2)31-28-16-25(22(3)41-27-19-40-20-27)18-34-33(28)36-32(31)23-8-10-26(11-9-23)38-14-12-37(4)13-15-38/h5-11,16-18,27H,1,3,12-15,19-20H2,2,4H3,(H,34,36)(H,35,39). The summed E-state index contributed by atoms with van der Waals surface area (Å²) in [6, 6.07) is 16.9. The molecule has 41 heavy (non-hydrogen) atoms. The highest BCUT2D eigenvalue weighted by molar-refractivity contribution is 6.05. The molecule has 8 heteroatoms. The van der Waals surface area contributed by atoms with Crippen LogP contribution in [-0.4, -0.2) is 73.3 Å². The molecule has 4 aromatic rings. The first kappa shape index (κ1) is 26.8. The van der Waals surface area contributed by atoms with Crippen LogP contribution in [0.15, 0.2) is 74.0 Å². The molecule has 2 saturated heterocycles. The molecular formula is C33H35N5O3. The summed E-state index contributed by atoms with van der Waals surface area (Å²) in [5.74, 6) is 0.321. The molecule has 2 aliphatic rings. The summed E-state index contributed by atoms with van der Waals surface area (Å²) in [6.07, 6.45) is 3.09. The number of carbonyl (C=O) groups excluding carboxylic acids is 1. The molecule has 2 aliphatic heterocycles. The quantitative estimate of drug-likeness (QED) is 0.224. The number of H-pyrrole nitrogens is 1. The topological polar surface area (TPSA) is 82.7 Å². The number of nitrogens with zero attached hydrogens (tertiary/aromatic N) is 3. The summed E-state index contributed by atoms with van der Waals surface area (Å²) < 4.78 is 11.2. The lowest BCUT2D eigenvalue weighted by Gasteiger charge is -2.34. The molecule has 2 aromatic carbocycles. The Bertz CT molecular complexity index is 1610. The number of ether oxygens (including phenoxy) is 2. The van der Waals surface area contributed by atoms with Gasteiger partial charge >= 0.3 is 0 Å². The Morgan fingerprint density at radius 1 is 1.10 bits per heavy atom. The number of benzene rings is 2. The fourth-order valence-corrected chi connectivity index (χ4v) is 5.29. The number of fused-ring (bicyclic) bond motifs is 1. The Labute approximate surface area is 240 Å². The van der Waals surface area contributed by atoms with Gasteiger partial charge in [-0.25, -0.2) is 4.98 Å². The Hall–Kier alpha value is -4.40. The van der Waals surface area contributed by atoms with Crippen LogP contribution in [-0.2, 0) is 14.3 Å². The molecule has 0 bridgehead atoms. The van der Waals surface area contributed by atoms with Gasteiger partial charge in [0.15, 0.2) is 0 Å². The monoisotopic (exact) mass is 549 g/mol. The van der Waals surface area contributed by atoms with Crippen molar-refractivity contribution in [3.05, 3.63) is 85.1 Å². The molecule has 210 valence electrons. The molecule has 6 rings (SSSR count). The van der Waals surface area contributed by atoms with Crippen molar-refractivity contribution < 1.29 is 14.3 Å². The van der Waals surface area contributed by atoms with Gasteiger partial charge in [-0.3, -0.25) is 4.79 Å². The molecule has 0 saturated carbocycles. The molecule has 2 fully saturated rings. The van der Waals surface area contributed by atoms with Crippen LogP contribution in [0, 0.1) is 6.92 Å². The Morgan fingerprint density at radius 3 is 2.51 bits per heavy atom. The van der Waals surface area contributed by atoms with Crippen molar-refractivity contribution in [1.29, 1.82) is 0 Å². The number of rotatable bonds is 8. The van der Waals surface area contributed by atoms with Gasteiger partial charge < -0.3 is 29.6 Å². The van der Waals surface area contributed by atoms with E-state index in [9.17, 15) is 4.79 Å². The lowest BCUT2D eigenvalue weighted by atomic mass is 9.96. The van der Waals surface area contributed by atoms with Crippen LogP contribution in [0.4, 0.5) is 11.4 Å². The van der Waals surface area contributed by atoms with Crippen molar-refractivity contribution >= 4 is 34.1 Å². The second kappa shape index (κ2) is 11.2. The first-order chi connectivity index (χ1) is 19.9. The van der Waals surface area contributed by atoms with Crippen molar-refractivity contribution in [2.75, 3.05) is 56.7 Å². The van der Waals surface area contributed by atoms with Crippen LogP contribution >= 0.6 is 0 Å². The van der Waals surface area contributed by atoms with Gasteiger partial charge in [-0.2, -0.15) is 0 Å². The van der Waals surface area contributed by atoms with E-state index < -0.39 is 0 Å². The van der Waals surface area contributed by atoms with E-state index in [0.29, 0.717) is 19.0 Å². The fourth-order valence-electron chi connectivity index (χ4n) is 5.29. The van der Waals surface area contributed by atoms with Gasteiger partial charge in [0.1, 0.15) is 17.5 Å².